The summed E-state index contributed by atoms with van der Waals surface area (Å²) in [5.41, 5.74) is 0.724. The molecule has 2 aromatic rings. The van der Waals surface area contributed by atoms with E-state index in [1.807, 2.05) is 30.3 Å². The molecular weight excluding hydrogens is 542 g/mol. The highest BCUT2D eigenvalue weighted by atomic mass is 32.2. The molecule has 40 heavy (non-hydrogen) atoms. The lowest BCUT2D eigenvalue weighted by atomic mass is 10.1. The average molecular weight is 576 g/mol. The topological polar surface area (TPSA) is 189 Å². The van der Waals surface area contributed by atoms with Gasteiger partial charge in [-0.05, 0) is 56.7 Å². The average Bonchev–Trinajstić information content (AvgIpc) is 2.93. The first kappa shape index (κ1) is 32.0. The lowest BCUT2D eigenvalue weighted by molar-refractivity contribution is -0.387. The van der Waals surface area contributed by atoms with Gasteiger partial charge in [0, 0.05) is 12.6 Å². The van der Waals surface area contributed by atoms with Crippen molar-refractivity contribution >= 4 is 41.5 Å². The van der Waals surface area contributed by atoms with Gasteiger partial charge in [-0.3, -0.25) is 24.5 Å². The van der Waals surface area contributed by atoms with E-state index in [1.165, 1.54) is 26.0 Å². The van der Waals surface area contributed by atoms with Gasteiger partial charge in [-0.1, -0.05) is 42.5 Å². The molecule has 13 nitrogen and oxygen atoms in total. The molecule has 0 aliphatic heterocycles. The third-order valence-corrected chi connectivity index (χ3v) is 6.54. The van der Waals surface area contributed by atoms with Crippen molar-refractivity contribution in [2.24, 2.45) is 0 Å². The number of amides is 3. The summed E-state index contributed by atoms with van der Waals surface area (Å²) in [6.07, 6.45) is 0.700. The van der Waals surface area contributed by atoms with E-state index in [0.29, 0.717) is 24.3 Å². The van der Waals surface area contributed by atoms with Crippen LogP contribution in [0.1, 0.15) is 38.7 Å². The van der Waals surface area contributed by atoms with Gasteiger partial charge in [0.1, 0.15) is 23.6 Å². The van der Waals surface area contributed by atoms with Crippen LogP contribution in [0.2, 0.25) is 0 Å². The van der Waals surface area contributed by atoms with Crippen LogP contribution in [-0.4, -0.2) is 58.6 Å². The number of carbonyl (C=O) groups excluding carboxylic acids is 3. The minimum Gasteiger partial charge on any atom is -0.480 e. The van der Waals surface area contributed by atoms with E-state index < -0.39 is 46.9 Å². The number of unbranched alkanes of at least 4 members (excludes halogenated alkanes) is 1. The maximum absolute atomic E-state index is 13.0. The summed E-state index contributed by atoms with van der Waals surface area (Å²) in [5, 5.41) is 27.8. The van der Waals surface area contributed by atoms with Crippen molar-refractivity contribution in [1.29, 1.82) is 0 Å². The summed E-state index contributed by atoms with van der Waals surface area (Å²) in [4.78, 5) is 59.3. The Bertz CT molecular complexity index is 1170. The predicted octanol–water partition coefficient (Wildman–Crippen LogP) is 2.75. The van der Waals surface area contributed by atoms with Crippen LogP contribution in [0.15, 0.2) is 59.5 Å². The Labute approximate surface area is 235 Å². The fourth-order valence-corrected chi connectivity index (χ4v) is 4.18. The zero-order valence-electron chi connectivity index (χ0n) is 22.1. The van der Waals surface area contributed by atoms with Gasteiger partial charge in [0.05, 0.1) is 11.0 Å². The van der Waals surface area contributed by atoms with E-state index in [2.05, 4.69) is 20.7 Å². The molecule has 0 saturated carbocycles. The minimum atomic E-state index is -1.22. The minimum absolute atomic E-state index is 0.132. The van der Waals surface area contributed by atoms with Crippen molar-refractivity contribution in [2.45, 2.75) is 62.7 Å². The molecule has 0 bridgehead atoms. The van der Waals surface area contributed by atoms with Crippen LogP contribution >= 0.6 is 11.9 Å². The second-order valence-electron chi connectivity index (χ2n) is 8.78. The number of ether oxygens (including phenoxy) is 1. The molecule has 0 saturated heterocycles. The first-order chi connectivity index (χ1) is 19.1. The van der Waals surface area contributed by atoms with Crippen molar-refractivity contribution in [1.82, 2.24) is 20.7 Å². The number of benzene rings is 2. The first-order valence-corrected chi connectivity index (χ1v) is 13.3. The quantitative estimate of drug-likeness (QED) is 0.0861. The van der Waals surface area contributed by atoms with E-state index in [1.54, 1.807) is 12.1 Å². The van der Waals surface area contributed by atoms with Crippen LogP contribution < -0.4 is 20.7 Å². The Morgan fingerprint density at radius 3 is 2.27 bits per heavy atom. The standard InChI is InChI=1S/C26H33N5O8S/c1-17(23(32)29-18(2)25(34)35)28-24(33)20(30-40-22-14-7-6-13-21(22)31(37)38)12-8-9-15-27-26(36)39-16-19-10-4-3-5-11-19/h3-7,10-11,13-14,17-18,20,30H,8-9,12,15-16H2,1-2H3,(H,27,36)(H,28,33)(H,29,32)(H,34,35)/t17-,18-,20-/m0/s1. The Morgan fingerprint density at radius 1 is 0.950 bits per heavy atom. The molecule has 14 heteroatoms. The van der Waals surface area contributed by atoms with Crippen LogP contribution in [0.25, 0.3) is 0 Å². The maximum atomic E-state index is 13.0. The fourth-order valence-electron chi connectivity index (χ4n) is 3.29. The summed E-state index contributed by atoms with van der Waals surface area (Å²) in [6, 6.07) is 12.2. The number of nitrogens with zero attached hydrogens (tertiary/aromatic N) is 1. The number of nitrogens with one attached hydrogen (secondary N) is 4. The number of carbonyl (C=O) groups is 4. The van der Waals surface area contributed by atoms with E-state index in [0.717, 1.165) is 17.5 Å². The van der Waals surface area contributed by atoms with Crippen molar-refractivity contribution < 1.29 is 33.9 Å². The molecule has 0 heterocycles. The Hall–Kier alpha value is -4.17. The normalized spacial score (nSPS) is 12.8. The fraction of sp³-hybridized carbons (Fsp3) is 0.385. The number of nitro groups is 1. The Balaban J connectivity index is 1.91. The van der Waals surface area contributed by atoms with Gasteiger partial charge in [-0.25, -0.2) is 9.52 Å². The van der Waals surface area contributed by atoms with Crippen LogP contribution in [0, 0.1) is 10.1 Å². The summed E-state index contributed by atoms with van der Waals surface area (Å²) < 4.78 is 8.10. The highest BCUT2D eigenvalue weighted by Gasteiger charge is 2.25. The largest absolute Gasteiger partial charge is 0.480 e. The van der Waals surface area contributed by atoms with E-state index in [4.69, 9.17) is 9.84 Å². The first-order valence-electron chi connectivity index (χ1n) is 12.5. The SMILES string of the molecule is C[C@H](NC(=O)[C@H](C)NC(=O)[C@H](CCCCNC(=O)OCc1ccccc1)NSc1ccccc1[N+](=O)[O-])C(=O)O. The molecule has 0 fully saturated rings. The van der Waals surface area contributed by atoms with Crippen LogP contribution in [0.4, 0.5) is 10.5 Å². The summed E-state index contributed by atoms with van der Waals surface area (Å²) in [6.45, 7) is 3.15. The number of aliphatic carboxylic acids is 1. The van der Waals surface area contributed by atoms with Gasteiger partial charge in [0.15, 0.2) is 0 Å². The number of alkyl carbamates (subject to hydrolysis) is 1. The van der Waals surface area contributed by atoms with Gasteiger partial charge in [0.2, 0.25) is 11.8 Å². The van der Waals surface area contributed by atoms with E-state index in [9.17, 15) is 29.3 Å². The second kappa shape index (κ2) is 16.7. The molecule has 3 atom stereocenters. The molecule has 0 aromatic heterocycles. The number of hydrogen-bond donors (Lipinski definition) is 5. The summed E-state index contributed by atoms with van der Waals surface area (Å²) in [5.74, 6) is -2.44. The molecule has 216 valence electrons. The number of carboxylic acid groups (broad SMARTS) is 1. The van der Waals surface area contributed by atoms with Gasteiger partial charge in [0.25, 0.3) is 5.69 Å². The molecule has 2 aromatic carbocycles. The molecule has 0 unspecified atom stereocenters. The molecule has 5 N–H and O–H groups in total. The van der Waals surface area contributed by atoms with Crippen LogP contribution in [-0.2, 0) is 25.7 Å². The monoisotopic (exact) mass is 575 g/mol. The maximum Gasteiger partial charge on any atom is 0.407 e. The molecular formula is C26H33N5O8S. The Morgan fingerprint density at radius 2 is 1.60 bits per heavy atom. The Kier molecular flexibility index (Phi) is 13.4. The molecule has 0 aliphatic carbocycles. The van der Waals surface area contributed by atoms with Crippen molar-refractivity contribution in [3.05, 3.63) is 70.3 Å². The van der Waals surface area contributed by atoms with Crippen molar-refractivity contribution in [3.8, 4) is 0 Å². The third-order valence-electron chi connectivity index (χ3n) is 5.57. The molecule has 0 radical (unpaired) electrons. The van der Waals surface area contributed by atoms with Crippen molar-refractivity contribution in [3.63, 3.8) is 0 Å². The number of carboxylic acids is 1. The van der Waals surface area contributed by atoms with Crippen molar-refractivity contribution in [2.75, 3.05) is 6.54 Å². The number of rotatable bonds is 16. The summed E-state index contributed by atoms with van der Waals surface area (Å²) >= 11 is 0.915. The molecule has 0 spiro atoms. The highest BCUT2D eigenvalue weighted by Crippen LogP contribution is 2.27. The molecule has 0 aliphatic rings. The predicted molar refractivity (Wildman–Crippen MR) is 147 cm³/mol. The van der Waals surface area contributed by atoms with E-state index in [-0.39, 0.29) is 18.7 Å². The zero-order chi connectivity index (χ0) is 29.5. The number of hydrogen-bond acceptors (Lipinski definition) is 9. The highest BCUT2D eigenvalue weighted by molar-refractivity contribution is 7.97. The van der Waals surface area contributed by atoms with E-state index >= 15 is 0 Å². The number of nitro benzene ring substituents is 1. The zero-order valence-corrected chi connectivity index (χ0v) is 22.9. The van der Waals surface area contributed by atoms with Crippen LogP contribution in [0.3, 0.4) is 0 Å². The lowest BCUT2D eigenvalue weighted by Crippen LogP contribution is -2.52. The van der Waals surface area contributed by atoms with Gasteiger partial charge in [-0.2, -0.15) is 0 Å². The molecule has 2 rings (SSSR count). The van der Waals surface area contributed by atoms with Gasteiger partial charge < -0.3 is 25.8 Å². The smallest absolute Gasteiger partial charge is 0.407 e. The van der Waals surface area contributed by atoms with Crippen LogP contribution in [0.5, 0.6) is 0 Å². The molecule has 3 amide bonds. The van der Waals surface area contributed by atoms with Gasteiger partial charge in [-0.15, -0.1) is 0 Å². The third kappa shape index (κ3) is 11.3. The second-order valence-corrected chi connectivity index (χ2v) is 9.66. The number of para-hydroxylation sites is 1. The van der Waals surface area contributed by atoms with Gasteiger partial charge >= 0.3 is 12.1 Å². The summed E-state index contributed by atoms with van der Waals surface area (Å²) in [7, 11) is 0. The lowest BCUT2D eigenvalue weighted by Gasteiger charge is -2.21.